The van der Waals surface area contributed by atoms with Gasteiger partial charge in [0.2, 0.25) is 0 Å². The highest BCUT2D eigenvalue weighted by Gasteiger charge is 2.36. The Bertz CT molecular complexity index is 1140. The van der Waals surface area contributed by atoms with Crippen molar-refractivity contribution in [3.05, 3.63) is 82.9 Å². The number of hydrogen-bond acceptors (Lipinski definition) is 0. The van der Waals surface area contributed by atoms with Gasteiger partial charge in [-0.25, -0.2) is 0 Å². The molecule has 0 amide bonds. The van der Waals surface area contributed by atoms with Gasteiger partial charge in [0.05, 0.1) is 0 Å². The fourth-order valence-corrected chi connectivity index (χ4v) is 4.48. The molecule has 24 heavy (non-hydrogen) atoms. The fourth-order valence-electron chi connectivity index (χ4n) is 4.31. The second-order valence-electron chi connectivity index (χ2n) is 7.19. The van der Waals surface area contributed by atoms with E-state index in [0.29, 0.717) is 0 Å². The molecule has 0 saturated heterocycles. The minimum Gasteiger partial charge on any atom is -0.0843 e. The van der Waals surface area contributed by atoms with Gasteiger partial charge >= 0.3 is 0 Å². The Hall–Kier alpha value is -2.31. The van der Waals surface area contributed by atoms with Crippen molar-refractivity contribution in [3.8, 4) is 11.1 Å². The van der Waals surface area contributed by atoms with E-state index in [2.05, 4.69) is 74.5 Å². The molecule has 0 N–H and O–H groups in total. The molecule has 0 aliphatic heterocycles. The molecule has 4 aromatic carbocycles. The Labute approximate surface area is 146 Å². The van der Waals surface area contributed by atoms with Crippen LogP contribution in [0, 0.1) is 0 Å². The Kier molecular flexibility index (Phi) is 2.71. The van der Waals surface area contributed by atoms with Crippen molar-refractivity contribution in [1.82, 2.24) is 0 Å². The van der Waals surface area contributed by atoms with Crippen molar-refractivity contribution >= 4 is 33.1 Å². The molecular formula is C23H17Cl. The molecule has 0 heterocycles. The van der Waals surface area contributed by atoms with Gasteiger partial charge in [-0.2, -0.15) is 0 Å². The van der Waals surface area contributed by atoms with Crippen molar-refractivity contribution in [2.24, 2.45) is 0 Å². The predicted octanol–water partition coefficient (Wildman–Crippen LogP) is 6.95. The molecule has 5 rings (SSSR count). The summed E-state index contributed by atoms with van der Waals surface area (Å²) in [6.07, 6.45) is 0. The summed E-state index contributed by atoms with van der Waals surface area (Å²) in [6, 6.07) is 23.9. The summed E-state index contributed by atoms with van der Waals surface area (Å²) in [5.41, 5.74) is 5.58. The number of fused-ring (bicyclic) bond motifs is 7. The maximum absolute atomic E-state index is 6.33. The Morgan fingerprint density at radius 1 is 0.750 bits per heavy atom. The van der Waals surface area contributed by atoms with Crippen molar-refractivity contribution in [1.29, 1.82) is 0 Å². The molecule has 0 nitrogen and oxygen atoms in total. The molecule has 0 atom stereocenters. The van der Waals surface area contributed by atoms with E-state index in [1.807, 2.05) is 6.07 Å². The molecule has 0 bridgehead atoms. The molecule has 0 saturated carbocycles. The van der Waals surface area contributed by atoms with Crippen molar-refractivity contribution in [2.45, 2.75) is 19.3 Å². The van der Waals surface area contributed by atoms with Crippen LogP contribution in [0.1, 0.15) is 25.0 Å². The highest BCUT2D eigenvalue weighted by Crippen LogP contribution is 2.52. The molecule has 116 valence electrons. The van der Waals surface area contributed by atoms with E-state index in [4.69, 9.17) is 11.6 Å². The Morgan fingerprint density at radius 2 is 1.46 bits per heavy atom. The first kappa shape index (κ1) is 14.1. The lowest BCUT2D eigenvalue weighted by atomic mass is 9.82. The van der Waals surface area contributed by atoms with Gasteiger partial charge < -0.3 is 0 Å². The lowest BCUT2D eigenvalue weighted by Gasteiger charge is -2.21. The van der Waals surface area contributed by atoms with Gasteiger partial charge in [0.15, 0.2) is 0 Å². The lowest BCUT2D eigenvalue weighted by Crippen LogP contribution is -2.14. The minimum absolute atomic E-state index is 0.0286. The number of benzene rings is 4. The third-order valence-electron chi connectivity index (χ3n) is 5.51. The van der Waals surface area contributed by atoms with Crippen LogP contribution in [0.2, 0.25) is 5.02 Å². The molecule has 0 spiro atoms. The maximum Gasteiger partial charge on any atom is 0.0412 e. The van der Waals surface area contributed by atoms with Crippen molar-refractivity contribution < 1.29 is 0 Å². The first-order valence-electron chi connectivity index (χ1n) is 8.33. The maximum atomic E-state index is 6.33. The van der Waals surface area contributed by atoms with E-state index in [0.717, 1.165) is 5.02 Å². The van der Waals surface area contributed by atoms with Crippen LogP contribution in [-0.2, 0) is 5.41 Å². The predicted molar refractivity (Wildman–Crippen MR) is 104 cm³/mol. The quantitative estimate of drug-likeness (QED) is 0.306. The van der Waals surface area contributed by atoms with Crippen LogP contribution in [0.15, 0.2) is 66.7 Å². The van der Waals surface area contributed by atoms with Crippen molar-refractivity contribution in [3.63, 3.8) is 0 Å². The fraction of sp³-hybridized carbons (Fsp3) is 0.130. The van der Waals surface area contributed by atoms with Gasteiger partial charge in [-0.15, -0.1) is 0 Å². The molecule has 0 aromatic heterocycles. The average molecular weight is 329 g/mol. The molecule has 1 aliphatic rings. The van der Waals surface area contributed by atoms with Gasteiger partial charge in [-0.1, -0.05) is 80.0 Å². The van der Waals surface area contributed by atoms with Crippen LogP contribution < -0.4 is 0 Å². The zero-order chi connectivity index (χ0) is 16.5. The Balaban J connectivity index is 2.06. The zero-order valence-corrected chi connectivity index (χ0v) is 14.5. The van der Waals surface area contributed by atoms with Crippen LogP contribution in [0.3, 0.4) is 0 Å². The van der Waals surface area contributed by atoms with E-state index in [9.17, 15) is 0 Å². The second kappa shape index (κ2) is 4.62. The summed E-state index contributed by atoms with van der Waals surface area (Å²) in [6.45, 7) is 4.64. The number of halogens is 1. The topological polar surface area (TPSA) is 0 Å². The molecule has 1 aliphatic carbocycles. The SMILES string of the molecule is CC1(C)c2ccccc2-c2c1ccc1ccc3ccc(Cl)cc3c21. The second-order valence-corrected chi connectivity index (χ2v) is 7.62. The van der Waals surface area contributed by atoms with Gasteiger partial charge in [0, 0.05) is 10.4 Å². The van der Waals surface area contributed by atoms with E-state index < -0.39 is 0 Å². The van der Waals surface area contributed by atoms with Crippen molar-refractivity contribution in [2.75, 3.05) is 0 Å². The van der Waals surface area contributed by atoms with Gasteiger partial charge in [-0.3, -0.25) is 0 Å². The third-order valence-corrected chi connectivity index (χ3v) is 5.74. The van der Waals surface area contributed by atoms with Crippen LogP contribution in [0.4, 0.5) is 0 Å². The first-order valence-corrected chi connectivity index (χ1v) is 8.70. The lowest BCUT2D eigenvalue weighted by molar-refractivity contribution is 0.661. The molecule has 1 heteroatoms. The third kappa shape index (κ3) is 1.70. The average Bonchev–Trinajstić information content (AvgIpc) is 2.83. The first-order chi connectivity index (χ1) is 11.6. The van der Waals surface area contributed by atoms with Crippen LogP contribution in [0.5, 0.6) is 0 Å². The highest BCUT2D eigenvalue weighted by molar-refractivity contribution is 6.32. The summed E-state index contributed by atoms with van der Waals surface area (Å²) >= 11 is 6.33. The summed E-state index contributed by atoms with van der Waals surface area (Å²) in [4.78, 5) is 0. The Morgan fingerprint density at radius 3 is 2.33 bits per heavy atom. The molecular weight excluding hydrogens is 312 g/mol. The van der Waals surface area contributed by atoms with Crippen LogP contribution >= 0.6 is 11.6 Å². The monoisotopic (exact) mass is 328 g/mol. The van der Waals surface area contributed by atoms with E-state index >= 15 is 0 Å². The number of hydrogen-bond donors (Lipinski definition) is 0. The molecule has 0 fully saturated rings. The van der Waals surface area contributed by atoms with E-state index in [1.54, 1.807) is 0 Å². The summed E-state index contributed by atoms with van der Waals surface area (Å²) in [5, 5.41) is 5.87. The summed E-state index contributed by atoms with van der Waals surface area (Å²) in [7, 11) is 0. The van der Waals surface area contributed by atoms with Gasteiger partial charge in [-0.05, 0) is 55.9 Å². The standard InChI is InChI=1S/C23H17Cl/c1-23(2)19-6-4-3-5-17(19)22-20(23)12-10-15-8-7-14-9-11-16(24)13-18(14)21(15)22/h3-13H,1-2H3. The number of rotatable bonds is 0. The molecule has 4 aromatic rings. The molecule has 0 unspecified atom stereocenters. The smallest absolute Gasteiger partial charge is 0.0412 e. The van der Waals surface area contributed by atoms with E-state index in [-0.39, 0.29) is 5.41 Å². The van der Waals surface area contributed by atoms with E-state index in [1.165, 1.54) is 43.8 Å². The van der Waals surface area contributed by atoms with Gasteiger partial charge in [0.1, 0.15) is 0 Å². The minimum atomic E-state index is 0.0286. The normalized spacial score (nSPS) is 14.8. The van der Waals surface area contributed by atoms with Crippen LogP contribution in [-0.4, -0.2) is 0 Å². The van der Waals surface area contributed by atoms with Crippen LogP contribution in [0.25, 0.3) is 32.7 Å². The highest BCUT2D eigenvalue weighted by atomic mass is 35.5. The summed E-state index contributed by atoms with van der Waals surface area (Å²) in [5.74, 6) is 0. The summed E-state index contributed by atoms with van der Waals surface area (Å²) < 4.78 is 0. The zero-order valence-electron chi connectivity index (χ0n) is 13.7. The van der Waals surface area contributed by atoms with Gasteiger partial charge in [0.25, 0.3) is 0 Å². The largest absolute Gasteiger partial charge is 0.0843 e. The molecule has 0 radical (unpaired) electrons.